The Balaban J connectivity index is 2.06. The molecule has 1 aliphatic rings. The number of likely N-dealkylation sites (tertiary alicyclic amines) is 1. The minimum atomic E-state index is -0.300. The number of aromatic hydroxyl groups is 1. The molecule has 0 amide bonds. The molecule has 0 saturated carbocycles. The fourth-order valence-corrected chi connectivity index (χ4v) is 2.69. The lowest BCUT2D eigenvalue weighted by molar-refractivity contribution is 0.281. The van der Waals surface area contributed by atoms with Gasteiger partial charge in [-0.1, -0.05) is 0 Å². The Labute approximate surface area is 119 Å². The fraction of sp³-hybridized carbons (Fsp3) is 0.667. The van der Waals surface area contributed by atoms with Crippen LogP contribution in [0.3, 0.4) is 0 Å². The number of pyridine rings is 1. The van der Waals surface area contributed by atoms with Gasteiger partial charge < -0.3 is 14.8 Å². The smallest absolute Gasteiger partial charge is 0.223 e. The molecule has 1 aromatic rings. The predicted molar refractivity (Wildman–Crippen MR) is 77.8 cm³/mol. The van der Waals surface area contributed by atoms with Crippen LogP contribution in [-0.2, 0) is 13.1 Å². The molecule has 5 heteroatoms. The normalized spacial score (nSPS) is 15.8. The number of nitrogens with zero attached hydrogens (tertiary/aromatic N) is 2. The molecular formula is C15H24N2O3. The third-order valence-corrected chi connectivity index (χ3v) is 3.84. The van der Waals surface area contributed by atoms with Crippen LogP contribution in [0.4, 0.5) is 0 Å². The summed E-state index contributed by atoms with van der Waals surface area (Å²) in [6, 6.07) is 1.56. The summed E-state index contributed by atoms with van der Waals surface area (Å²) in [7, 11) is 0. The molecule has 1 fully saturated rings. The average Bonchev–Trinajstić information content (AvgIpc) is 2.93. The molecule has 5 nitrogen and oxygen atoms in total. The number of unbranched alkanes of at least 4 members (excludes halogenated alkanes) is 2. The maximum atomic E-state index is 11.6. The van der Waals surface area contributed by atoms with E-state index in [0.29, 0.717) is 0 Å². The second kappa shape index (κ2) is 7.45. The maximum absolute atomic E-state index is 11.6. The summed E-state index contributed by atoms with van der Waals surface area (Å²) in [5, 5.41) is 18.4. The average molecular weight is 280 g/mol. The minimum Gasteiger partial charge on any atom is -0.503 e. The van der Waals surface area contributed by atoms with Crippen LogP contribution in [0.15, 0.2) is 17.1 Å². The van der Waals surface area contributed by atoms with E-state index in [2.05, 4.69) is 4.90 Å². The first-order valence-electron chi connectivity index (χ1n) is 7.46. The molecule has 0 spiro atoms. The van der Waals surface area contributed by atoms with Crippen molar-refractivity contribution < 1.29 is 10.2 Å². The van der Waals surface area contributed by atoms with Gasteiger partial charge in [0.2, 0.25) is 5.43 Å². The van der Waals surface area contributed by atoms with Gasteiger partial charge in [-0.15, -0.1) is 0 Å². The quantitative estimate of drug-likeness (QED) is 0.739. The zero-order valence-corrected chi connectivity index (χ0v) is 11.9. The number of hydrogen-bond acceptors (Lipinski definition) is 4. The third kappa shape index (κ3) is 4.08. The first-order valence-corrected chi connectivity index (χ1v) is 7.46. The molecule has 1 aromatic heterocycles. The van der Waals surface area contributed by atoms with Crippen LogP contribution in [0, 0.1) is 0 Å². The van der Waals surface area contributed by atoms with Crippen LogP contribution < -0.4 is 5.43 Å². The number of aryl methyl sites for hydroxylation is 1. The Morgan fingerprint density at radius 1 is 1.15 bits per heavy atom. The SMILES string of the molecule is O=c1cc(CN2CCCC2)n(CCCCCO)cc1O. The van der Waals surface area contributed by atoms with Gasteiger partial charge in [-0.2, -0.15) is 0 Å². The van der Waals surface area contributed by atoms with Gasteiger partial charge in [-0.05, 0) is 45.2 Å². The Morgan fingerprint density at radius 2 is 1.90 bits per heavy atom. The topological polar surface area (TPSA) is 65.7 Å². The molecular weight excluding hydrogens is 256 g/mol. The molecule has 112 valence electrons. The number of rotatable bonds is 7. The second-order valence-corrected chi connectivity index (χ2v) is 5.48. The Hall–Kier alpha value is -1.33. The summed E-state index contributed by atoms with van der Waals surface area (Å²) in [6.45, 7) is 3.93. The van der Waals surface area contributed by atoms with Crippen molar-refractivity contribution in [3.63, 3.8) is 0 Å². The molecule has 2 heterocycles. The van der Waals surface area contributed by atoms with E-state index in [1.165, 1.54) is 12.8 Å². The van der Waals surface area contributed by atoms with Crippen molar-refractivity contribution in [2.45, 2.75) is 45.2 Å². The second-order valence-electron chi connectivity index (χ2n) is 5.48. The molecule has 0 aliphatic carbocycles. The Bertz CT molecular complexity index is 478. The van der Waals surface area contributed by atoms with Crippen LogP contribution in [0.5, 0.6) is 5.75 Å². The van der Waals surface area contributed by atoms with Gasteiger partial charge in [0.15, 0.2) is 5.75 Å². The van der Waals surface area contributed by atoms with E-state index < -0.39 is 0 Å². The van der Waals surface area contributed by atoms with Crippen LogP contribution in [0.25, 0.3) is 0 Å². The van der Waals surface area contributed by atoms with Gasteiger partial charge in [-0.3, -0.25) is 9.69 Å². The lowest BCUT2D eigenvalue weighted by Gasteiger charge is -2.19. The molecule has 2 rings (SSSR count). The summed E-state index contributed by atoms with van der Waals surface area (Å²) in [4.78, 5) is 14.0. The number of aliphatic hydroxyl groups is 1. The molecule has 0 aromatic carbocycles. The van der Waals surface area contributed by atoms with E-state index in [0.717, 1.165) is 51.1 Å². The van der Waals surface area contributed by atoms with E-state index in [4.69, 9.17) is 5.11 Å². The van der Waals surface area contributed by atoms with E-state index in [1.54, 1.807) is 12.3 Å². The van der Waals surface area contributed by atoms with Gasteiger partial charge in [0.1, 0.15) is 0 Å². The molecule has 0 atom stereocenters. The summed E-state index contributed by atoms with van der Waals surface area (Å²) >= 11 is 0. The van der Waals surface area contributed by atoms with E-state index in [9.17, 15) is 9.90 Å². The van der Waals surface area contributed by atoms with Crippen molar-refractivity contribution in [3.05, 3.63) is 28.2 Å². The molecule has 1 aliphatic heterocycles. The van der Waals surface area contributed by atoms with Crippen molar-refractivity contribution in [3.8, 4) is 5.75 Å². The summed E-state index contributed by atoms with van der Waals surface area (Å²) < 4.78 is 1.98. The molecule has 0 bridgehead atoms. The lowest BCUT2D eigenvalue weighted by Crippen LogP contribution is -2.23. The van der Waals surface area contributed by atoms with E-state index in [1.807, 2.05) is 4.57 Å². The first-order chi connectivity index (χ1) is 9.70. The van der Waals surface area contributed by atoms with Crippen LogP contribution >= 0.6 is 0 Å². The molecule has 1 saturated heterocycles. The summed E-state index contributed by atoms with van der Waals surface area (Å²) in [6.07, 6.45) is 6.68. The van der Waals surface area contributed by atoms with Crippen LogP contribution in [0.1, 0.15) is 37.8 Å². The van der Waals surface area contributed by atoms with Gasteiger partial charge in [0.05, 0.1) is 6.20 Å². The number of aliphatic hydroxyl groups excluding tert-OH is 1. The monoisotopic (exact) mass is 280 g/mol. The number of hydrogen-bond donors (Lipinski definition) is 2. The van der Waals surface area contributed by atoms with Gasteiger partial charge >= 0.3 is 0 Å². The fourth-order valence-electron chi connectivity index (χ4n) is 2.69. The largest absolute Gasteiger partial charge is 0.503 e. The van der Waals surface area contributed by atoms with Crippen LogP contribution in [0.2, 0.25) is 0 Å². The lowest BCUT2D eigenvalue weighted by atomic mass is 10.2. The van der Waals surface area contributed by atoms with Crippen molar-refractivity contribution >= 4 is 0 Å². The van der Waals surface area contributed by atoms with Crippen molar-refractivity contribution in [2.75, 3.05) is 19.7 Å². The molecule has 20 heavy (non-hydrogen) atoms. The van der Waals surface area contributed by atoms with Crippen LogP contribution in [-0.4, -0.2) is 39.4 Å². The standard InChI is InChI=1S/C15H24N2O3/c18-9-5-1-2-8-17-12-15(20)14(19)10-13(17)11-16-6-3-4-7-16/h10,12,18,20H,1-9,11H2. The van der Waals surface area contributed by atoms with Gasteiger partial charge in [0, 0.05) is 31.5 Å². The highest BCUT2D eigenvalue weighted by Crippen LogP contribution is 2.14. The molecule has 0 radical (unpaired) electrons. The van der Waals surface area contributed by atoms with Gasteiger partial charge in [0.25, 0.3) is 0 Å². The third-order valence-electron chi connectivity index (χ3n) is 3.84. The molecule has 2 N–H and O–H groups in total. The summed E-state index contributed by atoms with van der Waals surface area (Å²) in [5.74, 6) is -0.183. The van der Waals surface area contributed by atoms with Gasteiger partial charge in [-0.25, -0.2) is 0 Å². The highest BCUT2D eigenvalue weighted by Gasteiger charge is 2.14. The van der Waals surface area contributed by atoms with E-state index >= 15 is 0 Å². The minimum absolute atomic E-state index is 0.183. The van der Waals surface area contributed by atoms with Crippen molar-refractivity contribution in [2.24, 2.45) is 0 Å². The maximum Gasteiger partial charge on any atom is 0.223 e. The zero-order chi connectivity index (χ0) is 14.4. The van der Waals surface area contributed by atoms with Crippen molar-refractivity contribution in [1.29, 1.82) is 0 Å². The summed E-state index contributed by atoms with van der Waals surface area (Å²) in [5.41, 5.74) is 0.671. The highest BCUT2D eigenvalue weighted by atomic mass is 16.3. The Kier molecular flexibility index (Phi) is 5.61. The predicted octanol–water partition coefficient (Wildman–Crippen LogP) is 1.31. The zero-order valence-electron chi connectivity index (χ0n) is 11.9. The highest BCUT2D eigenvalue weighted by molar-refractivity contribution is 5.20. The van der Waals surface area contributed by atoms with Crippen molar-refractivity contribution in [1.82, 2.24) is 9.47 Å². The van der Waals surface area contributed by atoms with E-state index in [-0.39, 0.29) is 17.8 Å². The molecule has 0 unspecified atom stereocenters. The number of aromatic nitrogens is 1. The Morgan fingerprint density at radius 3 is 2.60 bits per heavy atom. The first kappa shape index (κ1) is 15.1.